The summed E-state index contributed by atoms with van der Waals surface area (Å²) in [6.07, 6.45) is 0.566. The minimum Gasteiger partial charge on any atom is -0.398 e. The molecule has 0 saturated carbocycles. The van der Waals surface area contributed by atoms with Gasteiger partial charge in [-0.15, -0.1) is 0 Å². The number of rotatable bonds is 6. The van der Waals surface area contributed by atoms with Crippen LogP contribution in [0.4, 0.5) is 5.69 Å². The van der Waals surface area contributed by atoms with E-state index in [1.54, 1.807) is 19.9 Å². The summed E-state index contributed by atoms with van der Waals surface area (Å²) in [4.78, 5) is 0.261. The van der Waals surface area contributed by atoms with Crippen LogP contribution in [-0.4, -0.2) is 26.7 Å². The molecule has 0 aliphatic carbocycles. The highest BCUT2D eigenvalue weighted by atomic mass is 32.2. The van der Waals surface area contributed by atoms with Crippen molar-refractivity contribution >= 4 is 15.7 Å². The third-order valence-electron chi connectivity index (χ3n) is 3.47. The third kappa shape index (κ3) is 3.71. The van der Waals surface area contributed by atoms with Gasteiger partial charge in [0.25, 0.3) is 0 Å². The first-order chi connectivity index (χ1) is 9.20. The molecule has 4 N–H and O–H groups in total. The highest BCUT2D eigenvalue weighted by Gasteiger charge is 2.22. The zero-order valence-electron chi connectivity index (χ0n) is 12.5. The summed E-state index contributed by atoms with van der Waals surface area (Å²) in [5.74, 6) is 0.0817. The summed E-state index contributed by atoms with van der Waals surface area (Å²) in [6, 6.07) is 1.79. The Kier molecular flexibility index (Phi) is 5.56. The molecule has 0 spiro atoms. The Morgan fingerprint density at radius 2 is 1.90 bits per heavy atom. The monoisotopic (exact) mass is 300 g/mol. The van der Waals surface area contributed by atoms with Crippen molar-refractivity contribution in [3.63, 3.8) is 0 Å². The Bertz CT molecular complexity index is 583. The Labute approximate surface area is 121 Å². The first-order valence-corrected chi connectivity index (χ1v) is 8.15. The predicted molar refractivity (Wildman–Crippen MR) is 81.1 cm³/mol. The summed E-state index contributed by atoms with van der Waals surface area (Å²) in [6.45, 7) is 7.60. The fraction of sp³-hybridized carbons (Fsp3) is 0.571. The van der Waals surface area contributed by atoms with Gasteiger partial charge in [-0.25, -0.2) is 13.1 Å². The van der Waals surface area contributed by atoms with Gasteiger partial charge in [0.15, 0.2) is 0 Å². The SMILES string of the molecule is Cc1cc(C)c(S(=O)(=O)NCC(C)CCO)c(C)c1N. The summed E-state index contributed by atoms with van der Waals surface area (Å²) in [5, 5.41) is 8.84. The lowest BCUT2D eigenvalue weighted by Gasteiger charge is -2.17. The van der Waals surface area contributed by atoms with Gasteiger partial charge in [-0.3, -0.25) is 0 Å². The second kappa shape index (κ2) is 6.56. The second-order valence-electron chi connectivity index (χ2n) is 5.35. The van der Waals surface area contributed by atoms with Gasteiger partial charge >= 0.3 is 0 Å². The average Bonchev–Trinajstić information content (AvgIpc) is 2.34. The molecule has 0 radical (unpaired) electrons. The minimum absolute atomic E-state index is 0.0540. The molecule has 0 bridgehead atoms. The van der Waals surface area contributed by atoms with Gasteiger partial charge in [0.05, 0.1) is 4.90 Å². The van der Waals surface area contributed by atoms with Gasteiger partial charge < -0.3 is 10.8 Å². The molecule has 1 aromatic rings. The van der Waals surface area contributed by atoms with E-state index in [1.807, 2.05) is 13.8 Å². The maximum atomic E-state index is 12.4. The van der Waals surface area contributed by atoms with Crippen LogP contribution in [0.2, 0.25) is 0 Å². The van der Waals surface area contributed by atoms with E-state index < -0.39 is 10.0 Å². The molecular weight excluding hydrogens is 276 g/mol. The molecule has 0 amide bonds. The van der Waals surface area contributed by atoms with E-state index in [4.69, 9.17) is 10.8 Å². The molecule has 0 aliphatic heterocycles. The lowest BCUT2D eigenvalue weighted by molar-refractivity contribution is 0.263. The molecule has 0 saturated heterocycles. The molecule has 1 atom stereocenters. The number of nitrogens with one attached hydrogen (secondary N) is 1. The smallest absolute Gasteiger partial charge is 0.241 e. The number of aliphatic hydroxyl groups is 1. The van der Waals surface area contributed by atoms with Crippen LogP contribution in [-0.2, 0) is 10.0 Å². The van der Waals surface area contributed by atoms with E-state index in [9.17, 15) is 8.42 Å². The number of benzene rings is 1. The zero-order chi connectivity index (χ0) is 15.5. The number of aryl methyl sites for hydroxylation is 2. The molecule has 1 aromatic carbocycles. The highest BCUT2D eigenvalue weighted by Crippen LogP contribution is 2.27. The molecule has 0 heterocycles. The van der Waals surface area contributed by atoms with Gasteiger partial charge in [-0.1, -0.05) is 13.0 Å². The topological polar surface area (TPSA) is 92.4 Å². The van der Waals surface area contributed by atoms with Crippen molar-refractivity contribution in [2.45, 2.75) is 39.0 Å². The number of sulfonamides is 1. The number of hydrogen-bond acceptors (Lipinski definition) is 4. The lowest BCUT2D eigenvalue weighted by atomic mass is 10.1. The van der Waals surface area contributed by atoms with E-state index in [0.29, 0.717) is 29.8 Å². The molecule has 20 heavy (non-hydrogen) atoms. The van der Waals surface area contributed by atoms with Crippen LogP contribution >= 0.6 is 0 Å². The van der Waals surface area contributed by atoms with E-state index >= 15 is 0 Å². The van der Waals surface area contributed by atoms with Crippen LogP contribution in [0, 0.1) is 26.7 Å². The summed E-state index contributed by atoms with van der Waals surface area (Å²) in [5.41, 5.74) is 8.60. The van der Waals surface area contributed by atoms with E-state index in [2.05, 4.69) is 4.72 Å². The number of nitrogen functional groups attached to an aromatic ring is 1. The van der Waals surface area contributed by atoms with Gasteiger partial charge in [0.2, 0.25) is 10.0 Å². The summed E-state index contributed by atoms with van der Waals surface area (Å²) < 4.78 is 27.4. The molecule has 6 heteroatoms. The normalized spacial score (nSPS) is 13.4. The number of anilines is 1. The van der Waals surface area contributed by atoms with Gasteiger partial charge in [0.1, 0.15) is 0 Å². The van der Waals surface area contributed by atoms with Crippen molar-refractivity contribution in [1.29, 1.82) is 0 Å². The molecule has 0 aromatic heterocycles. The minimum atomic E-state index is -3.59. The van der Waals surface area contributed by atoms with Crippen LogP contribution in [0.1, 0.15) is 30.0 Å². The average molecular weight is 300 g/mol. The molecule has 1 unspecified atom stereocenters. The largest absolute Gasteiger partial charge is 0.398 e. The van der Waals surface area contributed by atoms with Crippen LogP contribution < -0.4 is 10.5 Å². The maximum absolute atomic E-state index is 12.4. The Morgan fingerprint density at radius 3 is 2.45 bits per heavy atom. The van der Waals surface area contributed by atoms with E-state index in [-0.39, 0.29) is 17.4 Å². The maximum Gasteiger partial charge on any atom is 0.241 e. The molecular formula is C14H24N2O3S. The first-order valence-electron chi connectivity index (χ1n) is 6.67. The first kappa shape index (κ1) is 16.9. The Hall–Kier alpha value is -1.11. The lowest BCUT2D eigenvalue weighted by Crippen LogP contribution is -2.30. The third-order valence-corrected chi connectivity index (χ3v) is 5.19. The molecule has 0 aliphatic rings. The van der Waals surface area contributed by atoms with Crippen molar-refractivity contribution in [2.75, 3.05) is 18.9 Å². The van der Waals surface area contributed by atoms with Gasteiger partial charge in [0, 0.05) is 18.8 Å². The van der Waals surface area contributed by atoms with Gasteiger partial charge in [-0.2, -0.15) is 0 Å². The predicted octanol–water partition coefficient (Wildman–Crippen LogP) is 1.49. The molecule has 114 valence electrons. The van der Waals surface area contributed by atoms with Crippen LogP contribution in [0.3, 0.4) is 0 Å². The molecule has 5 nitrogen and oxygen atoms in total. The van der Waals surface area contributed by atoms with Crippen molar-refractivity contribution in [2.24, 2.45) is 5.92 Å². The number of nitrogens with two attached hydrogens (primary N) is 1. The van der Waals surface area contributed by atoms with Crippen molar-refractivity contribution < 1.29 is 13.5 Å². The van der Waals surface area contributed by atoms with Crippen molar-refractivity contribution in [3.8, 4) is 0 Å². The Balaban J connectivity index is 3.08. The summed E-state index contributed by atoms with van der Waals surface area (Å²) in [7, 11) is -3.59. The van der Waals surface area contributed by atoms with Crippen LogP contribution in [0.25, 0.3) is 0 Å². The fourth-order valence-electron chi connectivity index (χ4n) is 2.24. The number of aliphatic hydroxyl groups excluding tert-OH is 1. The van der Waals surface area contributed by atoms with Crippen LogP contribution in [0.5, 0.6) is 0 Å². The van der Waals surface area contributed by atoms with Crippen molar-refractivity contribution in [1.82, 2.24) is 4.72 Å². The summed E-state index contributed by atoms with van der Waals surface area (Å²) >= 11 is 0. The molecule has 1 rings (SSSR count). The highest BCUT2D eigenvalue weighted by molar-refractivity contribution is 7.89. The van der Waals surface area contributed by atoms with E-state index in [1.165, 1.54) is 0 Å². The number of hydrogen-bond donors (Lipinski definition) is 3. The van der Waals surface area contributed by atoms with Crippen molar-refractivity contribution in [3.05, 3.63) is 22.8 Å². The fourth-order valence-corrected chi connectivity index (χ4v) is 3.89. The zero-order valence-corrected chi connectivity index (χ0v) is 13.3. The second-order valence-corrected chi connectivity index (χ2v) is 7.05. The molecule has 0 fully saturated rings. The quantitative estimate of drug-likeness (QED) is 0.694. The Morgan fingerprint density at radius 1 is 1.30 bits per heavy atom. The van der Waals surface area contributed by atoms with Crippen LogP contribution in [0.15, 0.2) is 11.0 Å². The standard InChI is InChI=1S/C14H24N2O3S/c1-9(5-6-17)8-16-20(18,19)14-11(3)7-10(2)13(15)12(14)4/h7,9,16-17H,5-6,8,15H2,1-4H3. The van der Waals surface area contributed by atoms with E-state index in [0.717, 1.165) is 5.56 Å². The van der Waals surface area contributed by atoms with Gasteiger partial charge in [-0.05, 0) is 49.8 Å².